The summed E-state index contributed by atoms with van der Waals surface area (Å²) in [6.07, 6.45) is 3.16. The number of rotatable bonds is 7. The van der Waals surface area contributed by atoms with Gasteiger partial charge in [0, 0.05) is 17.1 Å². The molecule has 228 valence electrons. The van der Waals surface area contributed by atoms with Crippen LogP contribution in [0.2, 0.25) is 5.15 Å². The Kier molecular flexibility index (Phi) is 9.24. The summed E-state index contributed by atoms with van der Waals surface area (Å²) in [5, 5.41) is 11.6. The molecule has 1 saturated heterocycles. The number of hydrogen-bond donors (Lipinski definition) is 3. The smallest absolute Gasteiger partial charge is 0.248 e. The minimum absolute atomic E-state index is 0.0196. The van der Waals surface area contributed by atoms with Gasteiger partial charge in [0.25, 0.3) is 0 Å². The van der Waals surface area contributed by atoms with Crippen LogP contribution in [0.1, 0.15) is 36.1 Å². The van der Waals surface area contributed by atoms with Gasteiger partial charge in [-0.25, -0.2) is 4.98 Å². The fraction of sp³-hybridized carbons (Fsp3) is 0.312. The number of likely N-dealkylation sites (tertiary alicyclic amines) is 1. The van der Waals surface area contributed by atoms with Crippen LogP contribution in [-0.4, -0.2) is 55.9 Å². The van der Waals surface area contributed by atoms with Crippen molar-refractivity contribution in [2.75, 3.05) is 10.6 Å². The van der Waals surface area contributed by atoms with Gasteiger partial charge in [0.1, 0.15) is 23.6 Å². The topological polar surface area (TPSA) is 152 Å². The Labute approximate surface area is 259 Å². The molecule has 0 radical (unpaired) electrons. The molecule has 4 N–H and O–H groups in total. The zero-order chi connectivity index (χ0) is 31.4. The van der Waals surface area contributed by atoms with Crippen molar-refractivity contribution in [1.29, 1.82) is 0 Å². The summed E-state index contributed by atoms with van der Waals surface area (Å²) < 4.78 is 1.69. The van der Waals surface area contributed by atoms with E-state index < -0.39 is 6.04 Å². The third kappa shape index (κ3) is 6.57. The minimum atomic E-state index is -0.556. The number of halogens is 1. The standard InChI is InChI=1S/C31H31ClN6O3.CH3NO/c1-18-6-3-4-7-20(18)15-28(39)33-22-11-13-25-24(16-22)19(2)36-37(25)17-29(40)38-23-12-10-21(14-23)30(38)31(41)35-27-9-5-8-26(32)34-27;2-1-3/h3-9,11,13,16,21,23,30H,10,12,14-15,17H2,1-2H3,(H,33,39)(H,34,35,41);1H,(H2,2,3). The number of piperidine rings is 1. The summed E-state index contributed by atoms with van der Waals surface area (Å²) in [6, 6.07) is 17.9. The number of anilines is 2. The molecule has 3 atom stereocenters. The third-order valence-corrected chi connectivity index (χ3v) is 8.43. The number of carbonyl (C=O) groups is 4. The molecule has 2 bridgehead atoms. The lowest BCUT2D eigenvalue weighted by Crippen LogP contribution is -2.52. The number of benzene rings is 2. The predicted octanol–water partition coefficient (Wildman–Crippen LogP) is 4.00. The average molecular weight is 616 g/mol. The van der Waals surface area contributed by atoms with E-state index in [1.54, 1.807) is 27.8 Å². The van der Waals surface area contributed by atoms with Gasteiger partial charge in [-0.2, -0.15) is 5.10 Å². The Morgan fingerprint density at radius 1 is 1.05 bits per heavy atom. The van der Waals surface area contributed by atoms with Crippen molar-refractivity contribution in [2.24, 2.45) is 11.7 Å². The van der Waals surface area contributed by atoms with Crippen molar-refractivity contribution < 1.29 is 19.2 Å². The summed E-state index contributed by atoms with van der Waals surface area (Å²) in [4.78, 5) is 54.2. The third-order valence-electron chi connectivity index (χ3n) is 8.22. The Balaban J connectivity index is 0.00000123. The van der Waals surface area contributed by atoms with E-state index in [9.17, 15) is 14.4 Å². The highest BCUT2D eigenvalue weighted by Crippen LogP contribution is 2.43. The molecule has 12 heteroatoms. The van der Waals surface area contributed by atoms with E-state index in [0.29, 0.717) is 16.7 Å². The van der Waals surface area contributed by atoms with Crippen molar-refractivity contribution in [3.8, 4) is 0 Å². The number of nitrogens with one attached hydrogen (secondary N) is 2. The lowest BCUT2D eigenvalue weighted by molar-refractivity contribution is -0.141. The van der Waals surface area contributed by atoms with Gasteiger partial charge in [0.05, 0.1) is 17.6 Å². The van der Waals surface area contributed by atoms with Crippen molar-refractivity contribution in [2.45, 2.75) is 58.2 Å². The lowest BCUT2D eigenvalue weighted by Gasteiger charge is -2.34. The van der Waals surface area contributed by atoms with Gasteiger partial charge in [0.2, 0.25) is 24.1 Å². The van der Waals surface area contributed by atoms with Crippen LogP contribution in [0.4, 0.5) is 11.5 Å². The maximum absolute atomic E-state index is 13.7. The molecule has 2 aromatic carbocycles. The van der Waals surface area contributed by atoms with Crippen LogP contribution < -0.4 is 16.4 Å². The highest BCUT2D eigenvalue weighted by atomic mass is 35.5. The molecule has 6 rings (SSSR count). The molecule has 2 fully saturated rings. The molecule has 1 saturated carbocycles. The van der Waals surface area contributed by atoms with Gasteiger partial charge < -0.3 is 21.3 Å². The van der Waals surface area contributed by atoms with Crippen molar-refractivity contribution in [3.05, 3.63) is 82.6 Å². The number of fused-ring (bicyclic) bond motifs is 3. The van der Waals surface area contributed by atoms with Crippen LogP contribution in [0, 0.1) is 19.8 Å². The zero-order valence-corrected chi connectivity index (χ0v) is 25.3. The molecule has 1 aliphatic carbocycles. The maximum Gasteiger partial charge on any atom is 0.248 e. The largest absolute Gasteiger partial charge is 0.372 e. The molecule has 1 aliphatic heterocycles. The molecule has 3 unspecified atom stereocenters. The molecule has 4 amide bonds. The van der Waals surface area contributed by atoms with E-state index in [-0.39, 0.29) is 49.1 Å². The normalized spacial score (nSPS) is 18.4. The molecule has 4 aromatic rings. The van der Waals surface area contributed by atoms with Crippen LogP contribution in [-0.2, 0) is 32.1 Å². The van der Waals surface area contributed by atoms with Gasteiger partial charge in [-0.3, -0.25) is 23.9 Å². The monoisotopic (exact) mass is 615 g/mol. The van der Waals surface area contributed by atoms with E-state index in [4.69, 9.17) is 16.4 Å². The number of nitrogens with zero attached hydrogens (tertiary/aromatic N) is 4. The predicted molar refractivity (Wildman–Crippen MR) is 168 cm³/mol. The number of pyridine rings is 1. The van der Waals surface area contributed by atoms with Crippen molar-refractivity contribution in [3.63, 3.8) is 0 Å². The first-order chi connectivity index (χ1) is 21.2. The fourth-order valence-corrected chi connectivity index (χ4v) is 6.46. The van der Waals surface area contributed by atoms with Gasteiger partial charge in [-0.05, 0) is 80.5 Å². The van der Waals surface area contributed by atoms with E-state index in [1.807, 2.05) is 56.3 Å². The number of primary amides is 1. The minimum Gasteiger partial charge on any atom is -0.372 e. The summed E-state index contributed by atoms with van der Waals surface area (Å²) in [5.41, 5.74) is 8.45. The molecular weight excluding hydrogens is 582 g/mol. The zero-order valence-electron chi connectivity index (χ0n) is 24.5. The lowest BCUT2D eigenvalue weighted by atomic mass is 9.97. The van der Waals surface area contributed by atoms with Crippen molar-refractivity contribution in [1.82, 2.24) is 19.7 Å². The van der Waals surface area contributed by atoms with Gasteiger partial charge in [0.15, 0.2) is 0 Å². The number of amides is 4. The number of aryl methyl sites for hydroxylation is 2. The Bertz CT molecular complexity index is 1720. The van der Waals surface area contributed by atoms with Gasteiger partial charge >= 0.3 is 0 Å². The Morgan fingerprint density at radius 2 is 1.82 bits per heavy atom. The van der Waals surface area contributed by atoms with Crippen LogP contribution in [0.15, 0.2) is 60.7 Å². The summed E-state index contributed by atoms with van der Waals surface area (Å²) in [5.74, 6) is 0.00260. The Morgan fingerprint density at radius 3 is 2.57 bits per heavy atom. The molecule has 2 aliphatic rings. The highest BCUT2D eigenvalue weighted by molar-refractivity contribution is 6.29. The first kappa shape index (κ1) is 30.7. The van der Waals surface area contributed by atoms with Crippen molar-refractivity contribution >= 4 is 58.1 Å². The summed E-state index contributed by atoms with van der Waals surface area (Å²) >= 11 is 5.99. The first-order valence-corrected chi connectivity index (χ1v) is 14.8. The van der Waals surface area contributed by atoms with E-state index in [2.05, 4.69) is 26.4 Å². The number of nitrogens with two attached hydrogens (primary N) is 1. The molecule has 0 spiro atoms. The van der Waals surface area contributed by atoms with Crippen LogP contribution in [0.5, 0.6) is 0 Å². The average Bonchev–Trinajstić information content (AvgIpc) is 3.68. The van der Waals surface area contributed by atoms with E-state index in [0.717, 1.165) is 47.0 Å². The van der Waals surface area contributed by atoms with E-state index in [1.165, 1.54) is 0 Å². The fourth-order valence-electron chi connectivity index (χ4n) is 6.30. The van der Waals surface area contributed by atoms with E-state index >= 15 is 0 Å². The van der Waals surface area contributed by atoms with Gasteiger partial charge in [-0.15, -0.1) is 0 Å². The Hall–Kier alpha value is -4.77. The second kappa shape index (κ2) is 13.3. The molecule has 2 aromatic heterocycles. The van der Waals surface area contributed by atoms with Crippen LogP contribution in [0.25, 0.3) is 10.9 Å². The first-order valence-electron chi connectivity index (χ1n) is 14.4. The summed E-state index contributed by atoms with van der Waals surface area (Å²) in [7, 11) is 0. The van der Waals surface area contributed by atoms with Gasteiger partial charge in [-0.1, -0.05) is 41.9 Å². The number of hydrogen-bond acceptors (Lipinski definition) is 6. The molecule has 3 heterocycles. The molecule has 44 heavy (non-hydrogen) atoms. The van der Waals surface area contributed by atoms with Crippen LogP contribution >= 0.6 is 11.6 Å². The highest BCUT2D eigenvalue weighted by Gasteiger charge is 2.51. The number of carbonyl (C=O) groups excluding carboxylic acids is 4. The maximum atomic E-state index is 13.7. The second-order valence-corrected chi connectivity index (χ2v) is 11.5. The SMILES string of the molecule is Cc1ccccc1CC(=O)Nc1ccc2c(c1)c(C)nn2CC(=O)N1C2CCC(C2)C1C(=O)Nc1cccc(Cl)n1.NC=O. The number of aromatic nitrogens is 3. The molecular formula is C32H34ClN7O4. The second-order valence-electron chi connectivity index (χ2n) is 11.1. The van der Waals surface area contributed by atoms with Crippen LogP contribution in [0.3, 0.4) is 0 Å². The summed E-state index contributed by atoms with van der Waals surface area (Å²) in [6.45, 7) is 3.89. The quantitative estimate of drug-likeness (QED) is 0.211. The molecule has 11 nitrogen and oxygen atoms in total.